The summed E-state index contributed by atoms with van der Waals surface area (Å²) in [6.07, 6.45) is 0. The molecule has 3 aromatic carbocycles. The summed E-state index contributed by atoms with van der Waals surface area (Å²) in [5, 5.41) is 13.0. The van der Waals surface area contributed by atoms with Crippen LogP contribution < -0.4 is 5.32 Å². The molecule has 0 saturated heterocycles. The smallest absolute Gasteiger partial charge is 0.139 e. The van der Waals surface area contributed by atoms with Gasteiger partial charge in [0.25, 0.3) is 0 Å². The van der Waals surface area contributed by atoms with Gasteiger partial charge < -0.3 is 10.4 Å². The molecule has 0 amide bonds. The molecular weight excluding hydrogens is 246 g/mol. The molecule has 2 heteroatoms. The van der Waals surface area contributed by atoms with Crippen LogP contribution in [-0.2, 0) is 0 Å². The van der Waals surface area contributed by atoms with Gasteiger partial charge in [0.05, 0.1) is 5.69 Å². The quantitative estimate of drug-likeness (QED) is 0.663. The lowest BCUT2D eigenvalue weighted by Crippen LogP contribution is -1.90. The molecule has 2 N–H and O–H groups in total. The van der Waals surface area contributed by atoms with E-state index in [0.29, 0.717) is 5.69 Å². The normalized spacial score (nSPS) is 10.2. The second-order valence-corrected chi connectivity index (χ2v) is 4.59. The maximum atomic E-state index is 9.80. The van der Waals surface area contributed by atoms with Crippen LogP contribution in [0.1, 0.15) is 0 Å². The number of hydrogen-bond acceptors (Lipinski definition) is 2. The number of phenolic OH excluding ortho intramolecular Hbond substituents is 1. The highest BCUT2D eigenvalue weighted by Gasteiger charge is 2.02. The summed E-state index contributed by atoms with van der Waals surface area (Å²) < 4.78 is 0. The number of para-hydroxylation sites is 2. The molecule has 0 saturated carbocycles. The van der Waals surface area contributed by atoms with Crippen molar-refractivity contribution in [1.82, 2.24) is 0 Å². The van der Waals surface area contributed by atoms with Gasteiger partial charge in [-0.2, -0.15) is 0 Å². The van der Waals surface area contributed by atoms with Gasteiger partial charge in [-0.25, -0.2) is 0 Å². The summed E-state index contributed by atoms with van der Waals surface area (Å²) >= 11 is 0. The van der Waals surface area contributed by atoms with Crippen molar-refractivity contribution in [2.24, 2.45) is 0 Å². The first-order valence-electron chi connectivity index (χ1n) is 6.53. The van der Waals surface area contributed by atoms with Crippen molar-refractivity contribution < 1.29 is 5.11 Å². The van der Waals surface area contributed by atoms with E-state index in [9.17, 15) is 5.11 Å². The Morgan fingerprint density at radius 3 is 2.15 bits per heavy atom. The number of phenols is 1. The highest BCUT2D eigenvalue weighted by atomic mass is 16.3. The van der Waals surface area contributed by atoms with Gasteiger partial charge in [0.15, 0.2) is 0 Å². The van der Waals surface area contributed by atoms with Gasteiger partial charge in [-0.15, -0.1) is 0 Å². The molecular formula is C18H15NO. The van der Waals surface area contributed by atoms with Gasteiger partial charge in [-0.3, -0.25) is 0 Å². The lowest BCUT2D eigenvalue weighted by atomic mass is 10.1. The molecule has 0 aliphatic heterocycles. The van der Waals surface area contributed by atoms with Crippen LogP contribution in [0.2, 0.25) is 0 Å². The fourth-order valence-electron chi connectivity index (χ4n) is 2.14. The van der Waals surface area contributed by atoms with E-state index in [1.165, 1.54) is 5.56 Å². The van der Waals surface area contributed by atoms with Crippen molar-refractivity contribution in [2.45, 2.75) is 0 Å². The van der Waals surface area contributed by atoms with E-state index in [1.54, 1.807) is 12.1 Å². The largest absolute Gasteiger partial charge is 0.506 e. The van der Waals surface area contributed by atoms with Crippen LogP contribution in [0, 0.1) is 0 Å². The predicted octanol–water partition coefficient (Wildman–Crippen LogP) is 4.80. The van der Waals surface area contributed by atoms with Crippen LogP contribution in [0.5, 0.6) is 5.75 Å². The van der Waals surface area contributed by atoms with Crippen LogP contribution in [0.3, 0.4) is 0 Å². The fraction of sp³-hybridized carbons (Fsp3) is 0. The Morgan fingerprint density at radius 1 is 0.650 bits per heavy atom. The first kappa shape index (κ1) is 12.3. The third-order valence-electron chi connectivity index (χ3n) is 3.15. The summed E-state index contributed by atoms with van der Waals surface area (Å²) in [5.74, 6) is 0.248. The van der Waals surface area contributed by atoms with E-state index in [0.717, 1.165) is 11.3 Å². The average molecular weight is 261 g/mol. The Kier molecular flexibility index (Phi) is 3.38. The molecule has 20 heavy (non-hydrogen) atoms. The summed E-state index contributed by atoms with van der Waals surface area (Å²) in [7, 11) is 0. The number of benzene rings is 3. The molecule has 0 aromatic heterocycles. The molecule has 3 rings (SSSR count). The maximum absolute atomic E-state index is 9.80. The van der Waals surface area contributed by atoms with E-state index in [2.05, 4.69) is 29.6 Å². The molecule has 98 valence electrons. The average Bonchev–Trinajstić information content (AvgIpc) is 2.51. The van der Waals surface area contributed by atoms with Crippen LogP contribution in [-0.4, -0.2) is 5.11 Å². The summed E-state index contributed by atoms with van der Waals surface area (Å²) in [5.41, 5.74) is 3.98. The van der Waals surface area contributed by atoms with Crippen molar-refractivity contribution in [3.8, 4) is 16.9 Å². The molecule has 0 aliphatic carbocycles. The number of anilines is 2. The second kappa shape index (κ2) is 5.49. The summed E-state index contributed by atoms with van der Waals surface area (Å²) in [6.45, 7) is 0. The van der Waals surface area contributed by atoms with Gasteiger partial charge in [-0.1, -0.05) is 54.6 Å². The zero-order valence-electron chi connectivity index (χ0n) is 11.0. The van der Waals surface area contributed by atoms with Gasteiger partial charge in [0.2, 0.25) is 0 Å². The zero-order chi connectivity index (χ0) is 13.8. The van der Waals surface area contributed by atoms with E-state index in [4.69, 9.17) is 0 Å². The van der Waals surface area contributed by atoms with Crippen LogP contribution >= 0.6 is 0 Å². The number of rotatable bonds is 3. The van der Waals surface area contributed by atoms with Gasteiger partial charge >= 0.3 is 0 Å². The van der Waals surface area contributed by atoms with Crippen LogP contribution in [0.4, 0.5) is 11.4 Å². The van der Waals surface area contributed by atoms with Crippen molar-refractivity contribution in [3.05, 3.63) is 78.9 Å². The maximum Gasteiger partial charge on any atom is 0.139 e. The minimum absolute atomic E-state index is 0.248. The Balaban J connectivity index is 1.91. The predicted molar refractivity (Wildman–Crippen MR) is 83.3 cm³/mol. The monoisotopic (exact) mass is 261 g/mol. The summed E-state index contributed by atoms with van der Waals surface area (Å²) in [6, 6.07) is 25.6. The minimum Gasteiger partial charge on any atom is -0.506 e. The van der Waals surface area contributed by atoms with Crippen LogP contribution in [0.25, 0.3) is 11.1 Å². The Bertz CT molecular complexity index is 707. The Labute approximate surface area is 118 Å². The molecule has 0 atom stereocenters. The molecule has 3 aromatic rings. The fourth-order valence-corrected chi connectivity index (χ4v) is 2.14. The third kappa shape index (κ3) is 2.64. The molecule has 0 radical (unpaired) electrons. The molecule has 0 bridgehead atoms. The SMILES string of the molecule is Oc1ccccc1Nc1cccc(-c2ccccc2)c1. The molecule has 2 nitrogen and oxygen atoms in total. The van der Waals surface area contributed by atoms with E-state index in [-0.39, 0.29) is 5.75 Å². The number of aromatic hydroxyl groups is 1. The van der Waals surface area contributed by atoms with Crippen molar-refractivity contribution in [3.63, 3.8) is 0 Å². The standard InChI is InChI=1S/C18H15NO/c20-18-12-5-4-11-17(18)19-16-10-6-9-15(13-16)14-7-2-1-3-8-14/h1-13,19-20H. The lowest BCUT2D eigenvalue weighted by molar-refractivity contribution is 0.478. The molecule has 0 aliphatic rings. The lowest BCUT2D eigenvalue weighted by Gasteiger charge is -2.10. The zero-order valence-corrected chi connectivity index (χ0v) is 11.0. The van der Waals surface area contributed by atoms with Gasteiger partial charge in [0.1, 0.15) is 5.75 Å². The Morgan fingerprint density at radius 2 is 1.35 bits per heavy atom. The topological polar surface area (TPSA) is 32.3 Å². The van der Waals surface area contributed by atoms with Crippen molar-refractivity contribution in [2.75, 3.05) is 5.32 Å². The first-order valence-corrected chi connectivity index (χ1v) is 6.53. The highest BCUT2D eigenvalue weighted by molar-refractivity contribution is 5.72. The summed E-state index contributed by atoms with van der Waals surface area (Å²) in [4.78, 5) is 0. The third-order valence-corrected chi connectivity index (χ3v) is 3.15. The number of nitrogens with one attached hydrogen (secondary N) is 1. The van der Waals surface area contributed by atoms with E-state index < -0.39 is 0 Å². The molecule has 0 heterocycles. The molecule has 0 unspecified atom stereocenters. The number of hydrogen-bond donors (Lipinski definition) is 2. The highest BCUT2D eigenvalue weighted by Crippen LogP contribution is 2.28. The Hall–Kier alpha value is -2.74. The van der Waals surface area contributed by atoms with Crippen molar-refractivity contribution >= 4 is 11.4 Å². The first-order chi connectivity index (χ1) is 9.83. The van der Waals surface area contributed by atoms with Gasteiger partial charge in [0, 0.05) is 5.69 Å². The van der Waals surface area contributed by atoms with E-state index in [1.807, 2.05) is 42.5 Å². The molecule has 0 spiro atoms. The second-order valence-electron chi connectivity index (χ2n) is 4.59. The van der Waals surface area contributed by atoms with Crippen LogP contribution in [0.15, 0.2) is 78.9 Å². The van der Waals surface area contributed by atoms with E-state index >= 15 is 0 Å². The minimum atomic E-state index is 0.248. The van der Waals surface area contributed by atoms with Gasteiger partial charge in [-0.05, 0) is 35.4 Å². The van der Waals surface area contributed by atoms with Crippen molar-refractivity contribution in [1.29, 1.82) is 0 Å². The molecule has 0 fully saturated rings.